The van der Waals surface area contributed by atoms with Crippen molar-refractivity contribution in [1.29, 1.82) is 0 Å². The van der Waals surface area contributed by atoms with E-state index >= 15 is 0 Å². The molecule has 3 saturated carbocycles. The molecule has 0 aromatic carbocycles. The molecule has 0 radical (unpaired) electrons. The van der Waals surface area contributed by atoms with Crippen LogP contribution in [0.1, 0.15) is 78.1 Å². The lowest BCUT2D eigenvalue weighted by atomic mass is 9.79. The molecule has 5 aliphatic rings. The number of amides is 3. The van der Waals surface area contributed by atoms with E-state index in [0.29, 0.717) is 38.6 Å². The Bertz CT molecular complexity index is 972. The number of nitrogens with one attached hydrogen (secondary N) is 2. The summed E-state index contributed by atoms with van der Waals surface area (Å²) >= 11 is 0. The van der Waals surface area contributed by atoms with Gasteiger partial charge in [0.2, 0.25) is 15.9 Å². The van der Waals surface area contributed by atoms with Gasteiger partial charge in [0.25, 0.3) is 0 Å². The molecule has 0 aromatic rings. The van der Waals surface area contributed by atoms with E-state index in [-0.39, 0.29) is 60.3 Å². The number of fused-ring (bicyclic) bond motifs is 1. The van der Waals surface area contributed by atoms with Crippen molar-refractivity contribution < 1.29 is 27.6 Å². The Labute approximate surface area is 207 Å². The maximum absolute atomic E-state index is 13.6. The Morgan fingerprint density at radius 1 is 1.06 bits per heavy atom. The summed E-state index contributed by atoms with van der Waals surface area (Å²) in [6.45, 7) is 4.56. The van der Waals surface area contributed by atoms with Gasteiger partial charge in [0.1, 0.15) is 5.78 Å². The average Bonchev–Trinajstić information content (AvgIpc) is 3.38. The van der Waals surface area contributed by atoms with Crippen LogP contribution >= 0.6 is 0 Å². The maximum atomic E-state index is 13.6. The number of nitrogens with zero attached hydrogens (tertiary/aromatic N) is 2. The van der Waals surface area contributed by atoms with Crippen LogP contribution in [0.3, 0.4) is 0 Å². The van der Waals surface area contributed by atoms with Gasteiger partial charge in [-0.25, -0.2) is 17.9 Å². The third-order valence-electron chi connectivity index (χ3n) is 8.61. The van der Waals surface area contributed by atoms with E-state index in [1.165, 1.54) is 4.90 Å². The van der Waals surface area contributed by atoms with Crippen LogP contribution in [0.2, 0.25) is 0 Å². The van der Waals surface area contributed by atoms with Crippen LogP contribution in [0.15, 0.2) is 0 Å². The summed E-state index contributed by atoms with van der Waals surface area (Å²) in [5.74, 6) is -0.346. The minimum Gasteiger partial charge on any atom is -0.320 e. The highest BCUT2D eigenvalue weighted by molar-refractivity contribution is 7.90. The van der Waals surface area contributed by atoms with Gasteiger partial charge in [0.05, 0.1) is 23.8 Å². The number of hydrogen-bond acceptors (Lipinski definition) is 7. The molecule has 0 bridgehead atoms. The molecule has 5 fully saturated rings. The zero-order chi connectivity index (χ0) is 25.0. The number of sulfonamides is 1. The maximum Gasteiger partial charge on any atom is 0.327 e. The van der Waals surface area contributed by atoms with E-state index in [1.807, 2.05) is 18.7 Å². The summed E-state index contributed by atoms with van der Waals surface area (Å²) < 4.78 is 29.1. The molecule has 35 heavy (non-hydrogen) atoms. The number of imide groups is 1. The number of ketones is 1. The molecule has 2 N–H and O–H groups in total. The van der Waals surface area contributed by atoms with E-state index in [4.69, 9.17) is 4.84 Å². The molecule has 0 aromatic heterocycles. The van der Waals surface area contributed by atoms with Crippen LogP contribution in [0.5, 0.6) is 0 Å². The Balaban J connectivity index is 1.36. The molecular formula is C24H38N4O6S. The number of carbonyl (C=O) groups excluding carboxylic acids is 3. The Morgan fingerprint density at radius 2 is 1.77 bits per heavy atom. The zero-order valence-electron chi connectivity index (χ0n) is 20.7. The summed E-state index contributed by atoms with van der Waals surface area (Å²) in [4.78, 5) is 47.7. The predicted octanol–water partition coefficient (Wildman–Crippen LogP) is 1.70. The van der Waals surface area contributed by atoms with Crippen LogP contribution in [0.25, 0.3) is 0 Å². The molecular weight excluding hydrogens is 472 g/mol. The SMILES string of the molecule is CC1CC(CN2C(=O)C3CC(S(=O)(=O)NC4(C)CC4)CCC3N(CC3CCC(=O)CC3)C2=O)ON1. The monoisotopic (exact) mass is 510 g/mol. The van der Waals surface area contributed by atoms with Crippen molar-refractivity contribution in [3.05, 3.63) is 0 Å². The molecule has 3 amide bonds. The predicted molar refractivity (Wildman–Crippen MR) is 127 cm³/mol. The second kappa shape index (κ2) is 9.39. The van der Waals surface area contributed by atoms with Gasteiger partial charge in [-0.2, -0.15) is 5.48 Å². The van der Waals surface area contributed by atoms with Crippen LogP contribution in [-0.4, -0.2) is 78.0 Å². The van der Waals surface area contributed by atoms with Crippen molar-refractivity contribution in [2.75, 3.05) is 13.1 Å². The number of carbonyl (C=O) groups is 3. The highest BCUT2D eigenvalue weighted by Crippen LogP contribution is 2.41. The number of Topliss-reactive ketones (excluding diaryl/α,β-unsaturated/α-hetero) is 1. The Kier molecular flexibility index (Phi) is 6.73. The summed E-state index contributed by atoms with van der Waals surface area (Å²) in [5.41, 5.74) is 2.54. The molecule has 196 valence electrons. The van der Waals surface area contributed by atoms with Gasteiger partial charge in [-0.05, 0) is 71.1 Å². The van der Waals surface area contributed by atoms with Crippen molar-refractivity contribution in [3.63, 3.8) is 0 Å². The lowest BCUT2D eigenvalue weighted by Gasteiger charge is -2.49. The first-order valence-corrected chi connectivity index (χ1v) is 14.7. The summed E-state index contributed by atoms with van der Waals surface area (Å²) in [5, 5.41) is -0.640. The highest BCUT2D eigenvalue weighted by Gasteiger charge is 2.53. The Hall–Kier alpha value is -1.56. The van der Waals surface area contributed by atoms with E-state index in [2.05, 4.69) is 10.2 Å². The van der Waals surface area contributed by atoms with E-state index in [1.54, 1.807) is 0 Å². The molecule has 11 heteroatoms. The smallest absolute Gasteiger partial charge is 0.320 e. The van der Waals surface area contributed by atoms with Gasteiger partial charge in [-0.1, -0.05) is 0 Å². The Morgan fingerprint density at radius 3 is 2.40 bits per heavy atom. The van der Waals surface area contributed by atoms with Gasteiger partial charge in [-0.3, -0.25) is 19.3 Å². The first-order valence-electron chi connectivity index (χ1n) is 13.1. The van der Waals surface area contributed by atoms with Crippen molar-refractivity contribution in [3.8, 4) is 0 Å². The summed E-state index contributed by atoms with van der Waals surface area (Å²) in [7, 11) is -3.56. The van der Waals surface area contributed by atoms with E-state index in [9.17, 15) is 22.8 Å². The minimum atomic E-state index is -3.56. The lowest BCUT2D eigenvalue weighted by Crippen LogP contribution is -2.65. The van der Waals surface area contributed by atoms with Crippen LogP contribution < -0.4 is 10.2 Å². The highest BCUT2D eigenvalue weighted by atomic mass is 32.2. The molecule has 2 heterocycles. The largest absolute Gasteiger partial charge is 0.327 e. The van der Waals surface area contributed by atoms with Crippen molar-refractivity contribution >= 4 is 27.7 Å². The van der Waals surface area contributed by atoms with Crippen LogP contribution in [0, 0.1) is 11.8 Å². The summed E-state index contributed by atoms with van der Waals surface area (Å²) in [6, 6.07) is -0.465. The number of rotatable bonds is 7. The molecule has 5 rings (SSSR count). The second-order valence-corrected chi connectivity index (χ2v) is 13.6. The molecule has 3 aliphatic carbocycles. The normalized spacial score (nSPS) is 35.9. The number of hydrogen-bond donors (Lipinski definition) is 2. The molecule has 2 aliphatic heterocycles. The van der Waals surface area contributed by atoms with Gasteiger partial charge in [-0.15, -0.1) is 0 Å². The first-order chi connectivity index (χ1) is 16.5. The van der Waals surface area contributed by atoms with Gasteiger partial charge in [0.15, 0.2) is 0 Å². The van der Waals surface area contributed by atoms with E-state index in [0.717, 1.165) is 25.7 Å². The average molecular weight is 511 g/mol. The van der Waals surface area contributed by atoms with Gasteiger partial charge >= 0.3 is 6.03 Å². The van der Waals surface area contributed by atoms with Crippen LogP contribution in [0.4, 0.5) is 4.79 Å². The third-order valence-corrected chi connectivity index (χ3v) is 10.7. The van der Waals surface area contributed by atoms with Gasteiger partial charge in [0, 0.05) is 37.0 Å². The fraction of sp³-hybridized carbons (Fsp3) is 0.875. The number of hydroxylamine groups is 1. The molecule has 2 saturated heterocycles. The second-order valence-electron chi connectivity index (χ2n) is 11.7. The molecule has 5 unspecified atom stereocenters. The van der Waals surface area contributed by atoms with E-state index < -0.39 is 21.2 Å². The molecule has 10 nitrogen and oxygen atoms in total. The fourth-order valence-electron chi connectivity index (χ4n) is 6.20. The third kappa shape index (κ3) is 5.28. The standard InChI is InChI=1S/C24H38N4O6S/c1-15-11-18(34-25-15)14-28-22(30)20-12-19(35(32,33)26-24(2)9-10-24)7-8-21(20)27(23(28)31)13-16-3-5-17(29)6-4-16/h15-16,18-21,25-26H,3-14H2,1-2H3. The number of urea groups is 1. The zero-order valence-corrected chi connectivity index (χ0v) is 21.5. The van der Waals surface area contributed by atoms with Gasteiger partial charge < -0.3 is 4.90 Å². The summed E-state index contributed by atoms with van der Waals surface area (Å²) in [6.07, 6.45) is 5.78. The van der Waals surface area contributed by atoms with Crippen LogP contribution in [-0.2, 0) is 24.4 Å². The van der Waals surface area contributed by atoms with Crippen molar-refractivity contribution in [1.82, 2.24) is 20.0 Å². The topological polar surface area (TPSA) is 125 Å². The van der Waals surface area contributed by atoms with Crippen molar-refractivity contribution in [2.24, 2.45) is 11.8 Å². The quantitative estimate of drug-likeness (QED) is 0.534. The molecule has 5 atom stereocenters. The fourth-order valence-corrected chi connectivity index (χ4v) is 8.17. The lowest BCUT2D eigenvalue weighted by molar-refractivity contribution is -0.142. The first kappa shape index (κ1) is 25.1. The molecule has 0 spiro atoms. The van der Waals surface area contributed by atoms with Crippen molar-refractivity contribution in [2.45, 2.75) is 107 Å². The minimum absolute atomic E-state index is 0.137.